The van der Waals surface area contributed by atoms with Gasteiger partial charge < -0.3 is 14.6 Å². The summed E-state index contributed by atoms with van der Waals surface area (Å²) < 4.78 is 34.0. The number of hydrogen-bond acceptors (Lipinski definition) is 5. The van der Waals surface area contributed by atoms with Crippen LogP contribution < -0.4 is 0 Å². The zero-order valence-electron chi connectivity index (χ0n) is 13.2. The Balaban J connectivity index is 4.09. The molecule has 0 heterocycles. The van der Waals surface area contributed by atoms with Crippen LogP contribution in [0.2, 0.25) is 0 Å². The molecule has 2 unspecified atom stereocenters. The summed E-state index contributed by atoms with van der Waals surface area (Å²) in [6.07, 6.45) is 3.07. The third-order valence-corrected chi connectivity index (χ3v) is 4.45. The minimum atomic E-state index is -3.15. The van der Waals surface area contributed by atoms with Crippen molar-refractivity contribution in [3.8, 4) is 0 Å². The molecule has 0 aromatic rings. The Morgan fingerprint density at radius 3 is 2.62 bits per heavy atom. The zero-order valence-corrected chi connectivity index (χ0v) is 14.1. The smallest absolute Gasteiger partial charge is 0.153 e. The van der Waals surface area contributed by atoms with Crippen LogP contribution in [-0.2, 0) is 19.3 Å². The van der Waals surface area contributed by atoms with Crippen molar-refractivity contribution < 1.29 is 23.0 Å². The molecule has 0 aromatic heterocycles. The largest absolute Gasteiger partial charge is 0.390 e. The third-order valence-electron chi connectivity index (χ3n) is 2.84. The average molecular weight is 320 g/mol. The standard InChI is InChI=1S/C15H28O5S/c1-5-14(16)15(19-4)8-6-10-21(17,18)11-7-9-20-12-13(2)3/h6,8,14-16H,2,5,7,9-12H2,1,3-4H3. The highest BCUT2D eigenvalue weighted by Crippen LogP contribution is 2.05. The van der Waals surface area contributed by atoms with Gasteiger partial charge in [0.25, 0.3) is 0 Å². The zero-order chi connectivity index (χ0) is 16.3. The number of rotatable bonds is 12. The van der Waals surface area contributed by atoms with Gasteiger partial charge in [-0.2, -0.15) is 0 Å². The first-order valence-corrected chi connectivity index (χ1v) is 8.94. The minimum absolute atomic E-state index is 0.0518. The molecule has 5 nitrogen and oxygen atoms in total. The highest BCUT2D eigenvalue weighted by Gasteiger charge is 2.14. The van der Waals surface area contributed by atoms with Gasteiger partial charge in [-0.25, -0.2) is 8.42 Å². The van der Waals surface area contributed by atoms with Crippen molar-refractivity contribution in [3.05, 3.63) is 24.3 Å². The summed E-state index contributed by atoms with van der Waals surface area (Å²) >= 11 is 0. The van der Waals surface area contributed by atoms with Crippen molar-refractivity contribution in [1.29, 1.82) is 0 Å². The van der Waals surface area contributed by atoms with Crippen molar-refractivity contribution in [1.82, 2.24) is 0 Å². The monoisotopic (exact) mass is 320 g/mol. The van der Waals surface area contributed by atoms with E-state index in [2.05, 4.69) is 6.58 Å². The molecule has 0 radical (unpaired) electrons. The number of hydrogen-bond donors (Lipinski definition) is 1. The van der Waals surface area contributed by atoms with Crippen LogP contribution in [0, 0.1) is 0 Å². The Labute approximate surface area is 128 Å². The summed E-state index contributed by atoms with van der Waals surface area (Å²) in [4.78, 5) is 0. The van der Waals surface area contributed by atoms with Crippen LogP contribution >= 0.6 is 0 Å². The first-order valence-electron chi connectivity index (χ1n) is 7.12. The molecule has 0 rings (SSSR count). The van der Waals surface area contributed by atoms with E-state index in [1.165, 1.54) is 13.2 Å². The van der Waals surface area contributed by atoms with Crippen molar-refractivity contribution >= 4 is 9.84 Å². The molecule has 0 saturated heterocycles. The topological polar surface area (TPSA) is 72.8 Å². The van der Waals surface area contributed by atoms with E-state index >= 15 is 0 Å². The van der Waals surface area contributed by atoms with Crippen molar-refractivity contribution in [3.63, 3.8) is 0 Å². The molecule has 2 atom stereocenters. The number of aliphatic hydroxyl groups excluding tert-OH is 1. The second-order valence-electron chi connectivity index (χ2n) is 5.08. The molecular weight excluding hydrogens is 292 g/mol. The van der Waals surface area contributed by atoms with Gasteiger partial charge in [0, 0.05) is 13.7 Å². The Morgan fingerprint density at radius 2 is 2.10 bits per heavy atom. The van der Waals surface area contributed by atoms with Crippen LogP contribution in [0.25, 0.3) is 0 Å². The molecule has 1 N–H and O–H groups in total. The van der Waals surface area contributed by atoms with Crippen molar-refractivity contribution in [2.45, 2.75) is 38.9 Å². The predicted octanol–water partition coefficient (Wildman–Crippen LogP) is 1.73. The van der Waals surface area contributed by atoms with E-state index in [1.807, 2.05) is 13.8 Å². The van der Waals surface area contributed by atoms with Gasteiger partial charge in [-0.05, 0) is 19.8 Å². The highest BCUT2D eigenvalue weighted by atomic mass is 32.2. The number of ether oxygens (including phenoxy) is 2. The van der Waals surface area contributed by atoms with Crippen molar-refractivity contribution in [2.24, 2.45) is 0 Å². The first kappa shape index (κ1) is 20.3. The number of methoxy groups -OCH3 is 1. The van der Waals surface area contributed by atoms with E-state index in [0.29, 0.717) is 26.1 Å². The van der Waals surface area contributed by atoms with E-state index in [1.54, 1.807) is 6.08 Å². The predicted molar refractivity (Wildman–Crippen MR) is 85.1 cm³/mol. The summed E-state index contributed by atoms with van der Waals surface area (Å²) in [5.74, 6) is 0.0330. The van der Waals surface area contributed by atoms with E-state index in [4.69, 9.17) is 9.47 Å². The summed E-state index contributed by atoms with van der Waals surface area (Å²) in [5, 5.41) is 9.64. The van der Waals surface area contributed by atoms with Gasteiger partial charge in [-0.1, -0.05) is 31.2 Å². The Morgan fingerprint density at radius 1 is 1.43 bits per heavy atom. The Kier molecular flexibility index (Phi) is 10.6. The lowest BCUT2D eigenvalue weighted by atomic mass is 10.1. The fourth-order valence-electron chi connectivity index (χ4n) is 1.64. The maximum atomic E-state index is 11.8. The molecule has 0 aromatic carbocycles. The third kappa shape index (κ3) is 10.6. The molecular formula is C15H28O5S. The molecule has 0 fully saturated rings. The Bertz CT molecular complexity index is 414. The summed E-state index contributed by atoms with van der Waals surface area (Å²) in [6, 6.07) is 0. The average Bonchev–Trinajstić information content (AvgIpc) is 2.42. The van der Waals surface area contributed by atoms with Gasteiger partial charge in [0.2, 0.25) is 0 Å². The molecule has 0 spiro atoms. The Hall–Kier alpha value is -0.690. The van der Waals surface area contributed by atoms with Gasteiger partial charge in [0.1, 0.15) is 6.10 Å². The van der Waals surface area contributed by atoms with Crippen LogP contribution in [0.1, 0.15) is 26.7 Å². The normalized spacial score (nSPS) is 15.2. The van der Waals surface area contributed by atoms with Gasteiger partial charge in [-0.15, -0.1) is 0 Å². The number of aliphatic hydroxyl groups is 1. The quantitative estimate of drug-likeness (QED) is 0.438. The minimum Gasteiger partial charge on any atom is -0.390 e. The van der Waals surface area contributed by atoms with E-state index in [0.717, 1.165) is 5.57 Å². The first-order chi connectivity index (χ1) is 9.82. The van der Waals surface area contributed by atoms with Crippen LogP contribution in [0.15, 0.2) is 24.3 Å². The van der Waals surface area contributed by atoms with E-state index in [9.17, 15) is 13.5 Å². The molecule has 0 saturated carbocycles. The van der Waals surface area contributed by atoms with Crippen LogP contribution in [0.3, 0.4) is 0 Å². The molecule has 0 bridgehead atoms. The van der Waals surface area contributed by atoms with Gasteiger partial charge in [0.05, 0.1) is 24.2 Å². The molecule has 0 aliphatic rings. The second kappa shape index (κ2) is 11.0. The van der Waals surface area contributed by atoms with Crippen LogP contribution in [0.4, 0.5) is 0 Å². The van der Waals surface area contributed by atoms with Gasteiger partial charge in [-0.3, -0.25) is 0 Å². The SMILES string of the molecule is C=C(C)COCCCS(=O)(=O)CC=CC(OC)C(O)CC. The lowest BCUT2D eigenvalue weighted by Gasteiger charge is -2.16. The summed E-state index contributed by atoms with van der Waals surface area (Å²) in [7, 11) is -1.66. The fraction of sp³-hybridized carbons (Fsp3) is 0.733. The van der Waals surface area contributed by atoms with Gasteiger partial charge >= 0.3 is 0 Å². The lowest BCUT2D eigenvalue weighted by Crippen LogP contribution is -2.25. The molecule has 6 heteroatoms. The fourth-order valence-corrected chi connectivity index (χ4v) is 2.77. The molecule has 0 amide bonds. The van der Waals surface area contributed by atoms with Crippen molar-refractivity contribution in [2.75, 3.05) is 31.8 Å². The summed E-state index contributed by atoms with van der Waals surface area (Å²) in [6.45, 7) is 8.27. The van der Waals surface area contributed by atoms with E-state index in [-0.39, 0.29) is 11.5 Å². The molecule has 124 valence electrons. The van der Waals surface area contributed by atoms with Crippen LogP contribution in [0.5, 0.6) is 0 Å². The van der Waals surface area contributed by atoms with E-state index < -0.39 is 22.0 Å². The number of sulfone groups is 1. The molecule has 21 heavy (non-hydrogen) atoms. The van der Waals surface area contributed by atoms with Crippen LogP contribution in [-0.4, -0.2) is 57.6 Å². The van der Waals surface area contributed by atoms with Gasteiger partial charge in [0.15, 0.2) is 9.84 Å². The summed E-state index contributed by atoms with van der Waals surface area (Å²) in [5.41, 5.74) is 0.917. The maximum Gasteiger partial charge on any atom is 0.153 e. The second-order valence-corrected chi connectivity index (χ2v) is 7.31. The molecule has 0 aliphatic carbocycles. The lowest BCUT2D eigenvalue weighted by molar-refractivity contribution is 0.0154. The maximum absolute atomic E-state index is 11.8. The highest BCUT2D eigenvalue weighted by molar-refractivity contribution is 7.91. The molecule has 0 aliphatic heterocycles.